The monoisotopic (exact) mass is 525 g/mol. The molecule has 1 aromatic carbocycles. The van der Waals surface area contributed by atoms with E-state index in [1.54, 1.807) is 43.4 Å². The van der Waals surface area contributed by atoms with Crippen LogP contribution in [0, 0.1) is 0 Å². The lowest BCUT2D eigenvalue weighted by molar-refractivity contribution is 0.204. The van der Waals surface area contributed by atoms with Crippen LogP contribution in [0.25, 0.3) is 55.8 Å². The van der Waals surface area contributed by atoms with Crippen LogP contribution in [-0.2, 0) is 6.42 Å². The molecule has 0 saturated heterocycles. The van der Waals surface area contributed by atoms with Crippen LogP contribution in [0.4, 0.5) is 5.69 Å². The molecule has 0 fully saturated rings. The molecule has 7 rings (SSSR count). The summed E-state index contributed by atoms with van der Waals surface area (Å²) in [7, 11) is 0. The fourth-order valence-corrected chi connectivity index (χ4v) is 4.79. The van der Waals surface area contributed by atoms with Gasteiger partial charge in [-0.3, -0.25) is 20.1 Å². The summed E-state index contributed by atoms with van der Waals surface area (Å²) in [5.74, 6) is 0.612. The standard InChI is InChI=1S/C30H23N9O/c40-26(10-18-4-2-1-3-5-18)35-22-11-20(13-32-15-22)21-12-23-28(38-39-29(23)34-14-21)30-36-25-17-33-16-24(27(25)37-30)19-6-8-31-9-7-19/h1-9,11-17,26,35,40H,10H2,(H,36,37)(H,34,38,39). The van der Waals surface area contributed by atoms with Crippen molar-refractivity contribution in [3.63, 3.8) is 0 Å². The minimum absolute atomic E-state index is 0.479. The second-order valence-electron chi connectivity index (χ2n) is 9.41. The zero-order chi connectivity index (χ0) is 26.9. The Balaban J connectivity index is 1.21. The van der Waals surface area contributed by atoms with E-state index in [4.69, 9.17) is 4.98 Å². The maximum atomic E-state index is 10.6. The highest BCUT2D eigenvalue weighted by atomic mass is 16.3. The van der Waals surface area contributed by atoms with Crippen LogP contribution in [0.5, 0.6) is 0 Å². The average molecular weight is 526 g/mol. The number of hydrogen-bond donors (Lipinski definition) is 4. The first-order valence-corrected chi connectivity index (χ1v) is 12.7. The van der Waals surface area contributed by atoms with Gasteiger partial charge < -0.3 is 15.4 Å². The molecule has 7 aromatic rings. The molecule has 0 aliphatic carbocycles. The van der Waals surface area contributed by atoms with Crippen LogP contribution >= 0.6 is 0 Å². The Labute approximate surface area is 228 Å². The van der Waals surface area contributed by atoms with Crippen LogP contribution in [0.3, 0.4) is 0 Å². The molecule has 6 aromatic heterocycles. The van der Waals surface area contributed by atoms with Gasteiger partial charge in [0.2, 0.25) is 0 Å². The predicted molar refractivity (Wildman–Crippen MR) is 153 cm³/mol. The van der Waals surface area contributed by atoms with Crippen molar-refractivity contribution < 1.29 is 5.11 Å². The summed E-state index contributed by atoms with van der Waals surface area (Å²) in [6, 6.07) is 17.7. The molecule has 40 heavy (non-hydrogen) atoms. The number of aromatic amines is 2. The van der Waals surface area contributed by atoms with Crippen molar-refractivity contribution in [3.05, 3.63) is 104 Å². The largest absolute Gasteiger partial charge is 0.373 e. The maximum absolute atomic E-state index is 10.6. The maximum Gasteiger partial charge on any atom is 0.159 e. The SMILES string of the molecule is OC(Cc1ccccc1)Nc1cncc(-c2cnc3[nH]nc(-c4nc5c(-c6ccncc6)cncc5[nH]4)c3c2)c1. The highest BCUT2D eigenvalue weighted by molar-refractivity contribution is 5.96. The van der Waals surface area contributed by atoms with Crippen LogP contribution in [0.1, 0.15) is 5.56 Å². The fourth-order valence-electron chi connectivity index (χ4n) is 4.79. The zero-order valence-electron chi connectivity index (χ0n) is 21.2. The number of H-pyrrole nitrogens is 2. The topological polar surface area (TPSA) is 141 Å². The Hall–Kier alpha value is -5.48. The number of nitrogens with one attached hydrogen (secondary N) is 3. The molecule has 0 aliphatic rings. The third-order valence-electron chi connectivity index (χ3n) is 6.70. The van der Waals surface area contributed by atoms with Crippen molar-refractivity contribution in [2.24, 2.45) is 0 Å². The summed E-state index contributed by atoms with van der Waals surface area (Å²) in [6.45, 7) is 0. The van der Waals surface area contributed by atoms with Gasteiger partial charge in [-0.25, -0.2) is 9.97 Å². The van der Waals surface area contributed by atoms with Gasteiger partial charge in [0, 0.05) is 54.1 Å². The van der Waals surface area contributed by atoms with E-state index in [0.29, 0.717) is 29.3 Å². The van der Waals surface area contributed by atoms with Crippen molar-refractivity contribution >= 4 is 27.8 Å². The van der Waals surface area contributed by atoms with Gasteiger partial charge >= 0.3 is 0 Å². The van der Waals surface area contributed by atoms with Gasteiger partial charge in [-0.05, 0) is 35.4 Å². The van der Waals surface area contributed by atoms with Gasteiger partial charge in [-0.15, -0.1) is 0 Å². The first kappa shape index (κ1) is 23.6. The van der Waals surface area contributed by atoms with Crippen LogP contribution in [0.15, 0.2) is 98.0 Å². The van der Waals surface area contributed by atoms with Gasteiger partial charge in [-0.1, -0.05) is 30.3 Å². The molecule has 4 N–H and O–H groups in total. The molecule has 6 heterocycles. The van der Waals surface area contributed by atoms with Crippen molar-refractivity contribution in [1.82, 2.24) is 40.1 Å². The van der Waals surface area contributed by atoms with Crippen molar-refractivity contribution in [1.29, 1.82) is 0 Å². The van der Waals surface area contributed by atoms with Crippen molar-refractivity contribution in [2.75, 3.05) is 5.32 Å². The number of imidazole rings is 1. The van der Waals surface area contributed by atoms with Crippen molar-refractivity contribution in [2.45, 2.75) is 12.6 Å². The molecule has 1 unspecified atom stereocenters. The smallest absolute Gasteiger partial charge is 0.159 e. The number of anilines is 1. The van der Waals surface area contributed by atoms with Crippen LogP contribution in [0.2, 0.25) is 0 Å². The number of hydrogen-bond acceptors (Lipinski definition) is 8. The van der Waals surface area contributed by atoms with Gasteiger partial charge in [-0.2, -0.15) is 5.10 Å². The molecule has 0 amide bonds. The zero-order valence-corrected chi connectivity index (χ0v) is 21.2. The Kier molecular flexibility index (Phi) is 5.91. The summed E-state index contributed by atoms with van der Waals surface area (Å²) >= 11 is 0. The average Bonchev–Trinajstić information content (AvgIpc) is 3.62. The van der Waals surface area contributed by atoms with Gasteiger partial charge in [0.1, 0.15) is 11.9 Å². The quantitative estimate of drug-likeness (QED) is 0.213. The summed E-state index contributed by atoms with van der Waals surface area (Å²) in [4.78, 5) is 25.7. The van der Waals surface area contributed by atoms with Gasteiger partial charge in [0.05, 0.1) is 34.5 Å². The molecule has 0 radical (unpaired) electrons. The minimum Gasteiger partial charge on any atom is -0.373 e. The lowest BCUT2D eigenvalue weighted by Crippen LogP contribution is -2.21. The Morgan fingerprint density at radius 2 is 1.65 bits per heavy atom. The number of nitrogens with zero attached hydrogens (tertiary/aromatic N) is 6. The Morgan fingerprint density at radius 1 is 0.825 bits per heavy atom. The molecule has 0 aliphatic heterocycles. The van der Waals surface area contributed by atoms with Crippen molar-refractivity contribution in [3.8, 4) is 33.8 Å². The molecule has 194 valence electrons. The molecular formula is C30H23N9O. The second-order valence-corrected chi connectivity index (χ2v) is 9.41. The lowest BCUT2D eigenvalue weighted by Gasteiger charge is -2.14. The fraction of sp³-hybridized carbons (Fsp3) is 0.0667. The summed E-state index contributed by atoms with van der Waals surface area (Å²) in [5.41, 5.74) is 8.27. The molecule has 0 saturated carbocycles. The van der Waals surface area contributed by atoms with E-state index in [-0.39, 0.29) is 0 Å². The predicted octanol–water partition coefficient (Wildman–Crippen LogP) is 4.99. The minimum atomic E-state index is -0.750. The third-order valence-corrected chi connectivity index (χ3v) is 6.70. The highest BCUT2D eigenvalue weighted by Gasteiger charge is 2.17. The number of rotatable bonds is 7. The second kappa shape index (κ2) is 10.0. The van der Waals surface area contributed by atoms with E-state index in [0.717, 1.165) is 44.2 Å². The van der Waals surface area contributed by atoms with E-state index in [2.05, 4.69) is 40.4 Å². The number of aliphatic hydroxyl groups is 1. The van der Waals surface area contributed by atoms with Gasteiger partial charge in [0.25, 0.3) is 0 Å². The van der Waals surface area contributed by atoms with Crippen LogP contribution in [-0.4, -0.2) is 51.4 Å². The first-order chi connectivity index (χ1) is 19.7. The Morgan fingerprint density at radius 3 is 2.52 bits per heavy atom. The third kappa shape index (κ3) is 4.52. The summed E-state index contributed by atoms with van der Waals surface area (Å²) in [6.07, 6.45) is 12.0. The number of aromatic nitrogens is 8. The molecular weight excluding hydrogens is 502 g/mol. The van der Waals surface area contributed by atoms with E-state index in [1.165, 1.54) is 0 Å². The van der Waals surface area contributed by atoms with E-state index < -0.39 is 6.23 Å². The summed E-state index contributed by atoms with van der Waals surface area (Å²) in [5, 5.41) is 22.0. The summed E-state index contributed by atoms with van der Waals surface area (Å²) < 4.78 is 0. The number of fused-ring (bicyclic) bond motifs is 2. The highest BCUT2D eigenvalue weighted by Crippen LogP contribution is 2.32. The van der Waals surface area contributed by atoms with E-state index in [9.17, 15) is 5.11 Å². The van der Waals surface area contributed by atoms with Gasteiger partial charge in [0.15, 0.2) is 11.5 Å². The lowest BCUT2D eigenvalue weighted by atomic mass is 10.1. The molecule has 0 bridgehead atoms. The normalized spacial score (nSPS) is 12.1. The number of benzene rings is 1. The molecule has 1 atom stereocenters. The number of pyridine rings is 4. The Bertz CT molecular complexity index is 1930. The van der Waals surface area contributed by atoms with E-state index >= 15 is 0 Å². The number of aliphatic hydroxyl groups excluding tert-OH is 1. The molecule has 10 nitrogen and oxygen atoms in total. The molecule has 0 spiro atoms. The molecule has 10 heteroatoms. The first-order valence-electron chi connectivity index (χ1n) is 12.7. The van der Waals surface area contributed by atoms with E-state index in [1.807, 2.05) is 54.6 Å². The van der Waals surface area contributed by atoms with Crippen LogP contribution < -0.4 is 5.32 Å².